The lowest BCUT2D eigenvalue weighted by atomic mass is 9.96. The van der Waals surface area contributed by atoms with Crippen LogP contribution in [0.5, 0.6) is 5.75 Å². The molecule has 2 heterocycles. The van der Waals surface area contributed by atoms with Crippen molar-refractivity contribution in [3.05, 3.63) is 47.1 Å². The molecule has 136 valence electrons. The first-order chi connectivity index (χ1) is 12.7. The third kappa shape index (κ3) is 3.48. The summed E-state index contributed by atoms with van der Waals surface area (Å²) in [6, 6.07) is 7.62. The number of aryl methyl sites for hydroxylation is 1. The largest absolute Gasteiger partial charge is 0.497 e. The maximum absolute atomic E-state index is 5.42. The summed E-state index contributed by atoms with van der Waals surface area (Å²) in [7, 11) is 3.69. The molecule has 4 rings (SSSR count). The molecule has 0 saturated heterocycles. The number of benzene rings is 1. The van der Waals surface area contributed by atoms with Gasteiger partial charge < -0.3 is 9.26 Å². The molecular weight excluding hydrogens is 330 g/mol. The normalized spacial score (nSPS) is 13.8. The second kappa shape index (κ2) is 7.29. The van der Waals surface area contributed by atoms with Crippen molar-refractivity contribution >= 4 is 0 Å². The average Bonchev–Trinajstić information content (AvgIpc) is 3.29. The number of hydrogen-bond acceptors (Lipinski definition) is 6. The van der Waals surface area contributed by atoms with Gasteiger partial charge >= 0.3 is 0 Å². The van der Waals surface area contributed by atoms with Crippen LogP contribution < -0.4 is 4.74 Å². The van der Waals surface area contributed by atoms with E-state index in [1.807, 2.05) is 31.3 Å². The van der Waals surface area contributed by atoms with Crippen molar-refractivity contribution in [3.63, 3.8) is 0 Å². The average molecular weight is 353 g/mol. The zero-order valence-corrected chi connectivity index (χ0v) is 15.2. The summed E-state index contributed by atoms with van der Waals surface area (Å²) in [5.74, 6) is 2.00. The van der Waals surface area contributed by atoms with Crippen LogP contribution in [0.3, 0.4) is 0 Å². The number of nitrogens with one attached hydrogen (secondary N) is 1. The first kappa shape index (κ1) is 16.8. The van der Waals surface area contributed by atoms with E-state index in [1.165, 1.54) is 24.1 Å². The molecule has 0 fully saturated rings. The zero-order chi connectivity index (χ0) is 17.9. The molecule has 1 aliphatic rings. The lowest BCUT2D eigenvalue weighted by Gasteiger charge is -2.15. The van der Waals surface area contributed by atoms with E-state index in [2.05, 4.69) is 25.2 Å². The summed E-state index contributed by atoms with van der Waals surface area (Å²) in [6.07, 6.45) is 4.73. The molecular formula is C19H23N5O2. The Morgan fingerprint density at radius 1 is 1.15 bits per heavy atom. The van der Waals surface area contributed by atoms with E-state index in [9.17, 15) is 0 Å². The van der Waals surface area contributed by atoms with Crippen molar-refractivity contribution in [3.8, 4) is 17.1 Å². The van der Waals surface area contributed by atoms with Gasteiger partial charge in [-0.05, 0) is 62.6 Å². The van der Waals surface area contributed by atoms with Crippen molar-refractivity contribution in [2.45, 2.75) is 38.8 Å². The maximum Gasteiger partial charge on any atom is 0.241 e. The molecule has 0 spiro atoms. The summed E-state index contributed by atoms with van der Waals surface area (Å²) >= 11 is 0. The Morgan fingerprint density at radius 3 is 2.77 bits per heavy atom. The van der Waals surface area contributed by atoms with Crippen LogP contribution >= 0.6 is 0 Å². The molecule has 1 aliphatic carbocycles. The van der Waals surface area contributed by atoms with Gasteiger partial charge in [-0.3, -0.25) is 10.00 Å². The molecule has 7 nitrogen and oxygen atoms in total. The van der Waals surface area contributed by atoms with Gasteiger partial charge in [-0.2, -0.15) is 10.1 Å². The van der Waals surface area contributed by atoms with Gasteiger partial charge in [0.25, 0.3) is 0 Å². The molecule has 7 heteroatoms. The van der Waals surface area contributed by atoms with E-state index in [1.54, 1.807) is 7.11 Å². The number of H-pyrrole nitrogens is 1. The van der Waals surface area contributed by atoms with Crippen molar-refractivity contribution in [2.75, 3.05) is 14.2 Å². The third-order valence-electron chi connectivity index (χ3n) is 4.78. The van der Waals surface area contributed by atoms with Crippen molar-refractivity contribution in [1.82, 2.24) is 25.2 Å². The van der Waals surface area contributed by atoms with Crippen LogP contribution in [0.1, 0.15) is 35.7 Å². The fraction of sp³-hybridized carbons (Fsp3) is 0.421. The van der Waals surface area contributed by atoms with E-state index < -0.39 is 0 Å². The SMILES string of the molecule is COc1ccc(-c2noc(CN(C)Cc3n[nH]c4c3CCCC4)n2)cc1. The molecule has 26 heavy (non-hydrogen) atoms. The van der Waals surface area contributed by atoms with Gasteiger partial charge in [0.15, 0.2) is 0 Å². The Labute approximate surface area is 152 Å². The molecule has 1 aromatic carbocycles. The zero-order valence-electron chi connectivity index (χ0n) is 15.2. The minimum atomic E-state index is 0.588. The van der Waals surface area contributed by atoms with Gasteiger partial charge in [0.1, 0.15) is 5.75 Å². The minimum Gasteiger partial charge on any atom is -0.497 e. The summed E-state index contributed by atoms with van der Waals surface area (Å²) < 4.78 is 10.6. The number of fused-ring (bicyclic) bond motifs is 1. The van der Waals surface area contributed by atoms with Crippen LogP contribution in [-0.2, 0) is 25.9 Å². The van der Waals surface area contributed by atoms with Crippen LogP contribution in [0.2, 0.25) is 0 Å². The van der Waals surface area contributed by atoms with Gasteiger partial charge in [0, 0.05) is 17.8 Å². The fourth-order valence-corrected chi connectivity index (χ4v) is 3.40. The van der Waals surface area contributed by atoms with E-state index in [4.69, 9.17) is 9.26 Å². The molecule has 2 aromatic heterocycles. The van der Waals surface area contributed by atoms with E-state index in [-0.39, 0.29) is 0 Å². The number of aromatic amines is 1. The number of ether oxygens (including phenoxy) is 1. The fourth-order valence-electron chi connectivity index (χ4n) is 3.40. The smallest absolute Gasteiger partial charge is 0.241 e. The predicted octanol–water partition coefficient (Wildman–Crippen LogP) is 2.98. The Morgan fingerprint density at radius 2 is 1.96 bits per heavy atom. The Hall–Kier alpha value is -2.67. The third-order valence-corrected chi connectivity index (χ3v) is 4.78. The molecule has 0 atom stereocenters. The Kier molecular flexibility index (Phi) is 4.71. The first-order valence-corrected chi connectivity index (χ1v) is 8.93. The highest BCUT2D eigenvalue weighted by Crippen LogP contribution is 2.23. The van der Waals surface area contributed by atoms with Crippen LogP contribution in [0, 0.1) is 0 Å². The summed E-state index contributed by atoms with van der Waals surface area (Å²) in [5, 5.41) is 11.8. The van der Waals surface area contributed by atoms with E-state index in [0.717, 1.165) is 36.4 Å². The maximum atomic E-state index is 5.42. The standard InChI is InChI=1S/C19H23N5O2/c1-24(11-17-15-5-3-4-6-16(15)21-22-17)12-18-20-19(23-26-18)13-7-9-14(25-2)10-8-13/h7-10H,3-6,11-12H2,1-2H3,(H,21,22). The molecule has 0 radical (unpaired) electrons. The predicted molar refractivity (Wildman–Crippen MR) is 96.7 cm³/mol. The second-order valence-corrected chi connectivity index (χ2v) is 6.75. The minimum absolute atomic E-state index is 0.588. The van der Waals surface area contributed by atoms with Gasteiger partial charge in [0.05, 0.1) is 19.3 Å². The van der Waals surface area contributed by atoms with Gasteiger partial charge in [0.2, 0.25) is 11.7 Å². The highest BCUT2D eigenvalue weighted by atomic mass is 16.5. The van der Waals surface area contributed by atoms with Crippen molar-refractivity contribution in [1.29, 1.82) is 0 Å². The summed E-state index contributed by atoms with van der Waals surface area (Å²) in [6.45, 7) is 1.36. The van der Waals surface area contributed by atoms with Crippen molar-refractivity contribution in [2.24, 2.45) is 0 Å². The highest BCUT2D eigenvalue weighted by molar-refractivity contribution is 5.55. The summed E-state index contributed by atoms with van der Waals surface area (Å²) in [5.41, 5.74) is 4.74. The van der Waals surface area contributed by atoms with Gasteiger partial charge in [-0.25, -0.2) is 0 Å². The van der Waals surface area contributed by atoms with Crippen LogP contribution in [0.4, 0.5) is 0 Å². The van der Waals surface area contributed by atoms with E-state index >= 15 is 0 Å². The van der Waals surface area contributed by atoms with Crippen LogP contribution in [-0.4, -0.2) is 39.4 Å². The Bertz CT molecular complexity index is 868. The molecule has 1 N–H and O–H groups in total. The number of rotatable bonds is 6. The monoisotopic (exact) mass is 353 g/mol. The van der Waals surface area contributed by atoms with Gasteiger partial charge in [-0.15, -0.1) is 0 Å². The Balaban J connectivity index is 1.41. The van der Waals surface area contributed by atoms with Crippen LogP contribution in [0.25, 0.3) is 11.4 Å². The number of methoxy groups -OCH3 is 1. The summed E-state index contributed by atoms with van der Waals surface area (Å²) in [4.78, 5) is 6.65. The topological polar surface area (TPSA) is 80.1 Å². The first-order valence-electron chi connectivity index (χ1n) is 8.93. The van der Waals surface area contributed by atoms with Crippen LogP contribution in [0.15, 0.2) is 28.8 Å². The molecule has 0 saturated carbocycles. The molecule has 3 aromatic rings. The molecule has 0 bridgehead atoms. The lowest BCUT2D eigenvalue weighted by molar-refractivity contribution is 0.258. The van der Waals surface area contributed by atoms with Gasteiger partial charge in [-0.1, -0.05) is 5.16 Å². The molecule has 0 unspecified atom stereocenters. The lowest BCUT2D eigenvalue weighted by Crippen LogP contribution is -2.19. The number of nitrogens with zero attached hydrogens (tertiary/aromatic N) is 4. The van der Waals surface area contributed by atoms with E-state index in [0.29, 0.717) is 18.3 Å². The highest BCUT2D eigenvalue weighted by Gasteiger charge is 2.18. The molecule has 0 amide bonds. The number of aromatic nitrogens is 4. The number of hydrogen-bond donors (Lipinski definition) is 1. The quantitative estimate of drug-likeness (QED) is 0.734. The van der Waals surface area contributed by atoms with Crippen molar-refractivity contribution < 1.29 is 9.26 Å². The molecule has 0 aliphatic heterocycles. The second-order valence-electron chi connectivity index (χ2n) is 6.75.